The zero-order chi connectivity index (χ0) is 47.3. The van der Waals surface area contributed by atoms with Gasteiger partial charge in [-0.2, -0.15) is 0 Å². The largest absolute Gasteiger partial charge is 0.756 e. The van der Waals surface area contributed by atoms with Crippen molar-refractivity contribution in [2.24, 2.45) is 0 Å². The van der Waals surface area contributed by atoms with Crippen molar-refractivity contribution >= 4 is 19.7 Å². The number of nitrogens with one attached hydrogen (secondary N) is 1. The van der Waals surface area contributed by atoms with Gasteiger partial charge in [0.25, 0.3) is 7.82 Å². The Morgan fingerprint density at radius 1 is 0.578 bits per heavy atom. The maximum Gasteiger partial charge on any atom is 0.306 e. The van der Waals surface area contributed by atoms with Crippen molar-refractivity contribution in [3.05, 3.63) is 85.1 Å². The average Bonchev–Trinajstić information content (AvgIpc) is 3.25. The van der Waals surface area contributed by atoms with Crippen LogP contribution in [0.3, 0.4) is 0 Å². The Balaban J connectivity index is 5.51. The number of nitrogens with zero attached hydrogens (tertiary/aromatic N) is 1. The van der Waals surface area contributed by atoms with Gasteiger partial charge in [-0.15, -0.1) is 0 Å². The number of phosphoric ester groups is 1. The van der Waals surface area contributed by atoms with E-state index in [1.165, 1.54) is 44.9 Å². The summed E-state index contributed by atoms with van der Waals surface area (Å²) in [5, 5.41) is 2.98. The third kappa shape index (κ3) is 44.4. The summed E-state index contributed by atoms with van der Waals surface area (Å²) in [7, 11) is 1.14. The average molecular weight is 915 g/mol. The summed E-state index contributed by atoms with van der Waals surface area (Å²) >= 11 is 0. The van der Waals surface area contributed by atoms with Gasteiger partial charge in [0.1, 0.15) is 19.3 Å². The molecule has 0 aliphatic heterocycles. The van der Waals surface area contributed by atoms with Crippen LogP contribution in [0.25, 0.3) is 0 Å². The number of carbonyl (C=O) groups is 2. The standard InChI is InChI=1S/C54H95N2O7P/c1-7-10-13-16-19-22-25-27-29-31-34-37-40-43-46-53(57)55-51(50-62-64(59,60)61-49-48-56(4,5)6)52(45-42-39-36-33-30-24-21-18-15-12-9-3)63-54(58)47-44-41-38-35-32-28-26-23-20-17-14-11-8-2/h10-11,13-14,17,19-20,22-23,26-27,29,42,45,51-52H,7-9,12,15-16,18,21,24-25,28,30-41,43-44,46-50H2,1-6H3,(H-,55,57,59,60)/b13-10+,14-11+,20-17+,22-19+,26-23-,29-27+,45-42+. The highest BCUT2D eigenvalue weighted by molar-refractivity contribution is 7.45. The molecule has 0 spiro atoms. The smallest absolute Gasteiger partial charge is 0.306 e. The molecule has 0 bridgehead atoms. The molecule has 1 N–H and O–H groups in total. The van der Waals surface area contributed by atoms with Crippen LogP contribution < -0.4 is 10.2 Å². The third-order valence-corrected chi connectivity index (χ3v) is 11.6. The summed E-state index contributed by atoms with van der Waals surface area (Å²) in [6.07, 6.45) is 55.5. The van der Waals surface area contributed by atoms with Crippen molar-refractivity contribution in [1.29, 1.82) is 0 Å². The molecule has 10 heteroatoms. The molecule has 1 amide bonds. The second kappa shape index (κ2) is 44.0. The lowest BCUT2D eigenvalue weighted by Gasteiger charge is -2.30. The van der Waals surface area contributed by atoms with Gasteiger partial charge in [-0.25, -0.2) is 0 Å². The number of allylic oxidation sites excluding steroid dienone is 13. The summed E-state index contributed by atoms with van der Waals surface area (Å²) < 4.78 is 30.0. The molecule has 0 saturated carbocycles. The van der Waals surface area contributed by atoms with Crippen molar-refractivity contribution in [2.75, 3.05) is 40.9 Å². The van der Waals surface area contributed by atoms with Crippen LogP contribution in [0.2, 0.25) is 0 Å². The van der Waals surface area contributed by atoms with Gasteiger partial charge in [-0.1, -0.05) is 183 Å². The summed E-state index contributed by atoms with van der Waals surface area (Å²) in [4.78, 5) is 39.6. The lowest BCUT2D eigenvalue weighted by Crippen LogP contribution is -2.47. The van der Waals surface area contributed by atoms with Crippen molar-refractivity contribution in [3.63, 3.8) is 0 Å². The molecule has 3 unspecified atom stereocenters. The molecule has 0 aromatic heterocycles. The molecule has 0 saturated heterocycles. The second-order valence-corrected chi connectivity index (χ2v) is 19.4. The van der Waals surface area contributed by atoms with Gasteiger partial charge in [-0.3, -0.25) is 14.2 Å². The van der Waals surface area contributed by atoms with Crippen molar-refractivity contribution in [3.8, 4) is 0 Å². The maximum absolute atomic E-state index is 13.4. The zero-order valence-corrected chi connectivity index (χ0v) is 42.6. The SMILES string of the molecule is CC/C=C/C=C/C=C\CCCCCCCC(=O)OC(/C=C/CCCCCCCCCCC)C(COP(=O)([O-])OCC[N+](C)(C)C)NC(=O)CCCCCC/C=C/C/C=C/C/C=C/CC. The van der Waals surface area contributed by atoms with Gasteiger partial charge < -0.3 is 28.5 Å². The first-order chi connectivity index (χ1) is 30.9. The Morgan fingerprint density at radius 2 is 1.08 bits per heavy atom. The molecule has 0 radical (unpaired) electrons. The first-order valence-electron chi connectivity index (χ1n) is 25.4. The number of quaternary nitrogens is 1. The fourth-order valence-corrected chi connectivity index (χ4v) is 7.43. The van der Waals surface area contributed by atoms with E-state index in [9.17, 15) is 19.0 Å². The molecule has 0 aromatic carbocycles. The van der Waals surface area contributed by atoms with Crippen LogP contribution in [0.4, 0.5) is 0 Å². The van der Waals surface area contributed by atoms with Crippen LogP contribution >= 0.6 is 7.82 Å². The van der Waals surface area contributed by atoms with E-state index in [2.05, 4.69) is 92.9 Å². The number of unbranched alkanes of at least 4 members (excludes halogenated alkanes) is 18. The summed E-state index contributed by atoms with van der Waals surface area (Å²) in [6, 6.07) is -0.910. The number of likely N-dealkylation sites (N-methyl/N-ethyl adjacent to an activating group) is 1. The van der Waals surface area contributed by atoms with E-state index < -0.39 is 26.6 Å². The normalized spacial score (nSPS) is 14.7. The quantitative estimate of drug-likeness (QED) is 0.0162. The van der Waals surface area contributed by atoms with E-state index in [1.807, 2.05) is 33.3 Å². The molecule has 3 atom stereocenters. The molecular formula is C54H95N2O7P. The number of hydrogen-bond donors (Lipinski definition) is 1. The Bertz CT molecular complexity index is 1380. The molecule has 0 heterocycles. The van der Waals surface area contributed by atoms with Crippen LogP contribution in [-0.2, 0) is 27.9 Å². The van der Waals surface area contributed by atoms with Crippen molar-refractivity contribution in [2.45, 2.75) is 206 Å². The summed E-state index contributed by atoms with van der Waals surface area (Å²) in [5.41, 5.74) is 0. The number of rotatable bonds is 44. The molecule has 9 nitrogen and oxygen atoms in total. The summed E-state index contributed by atoms with van der Waals surface area (Å²) in [5.74, 6) is -0.601. The van der Waals surface area contributed by atoms with E-state index in [0.717, 1.165) is 103 Å². The molecule has 0 rings (SSSR count). The molecule has 0 fully saturated rings. The fourth-order valence-electron chi connectivity index (χ4n) is 6.71. The number of carbonyl (C=O) groups excluding carboxylic acids is 2. The number of phosphoric acid groups is 1. The number of hydrogen-bond acceptors (Lipinski definition) is 7. The van der Waals surface area contributed by atoms with Crippen LogP contribution in [0.15, 0.2) is 85.1 Å². The van der Waals surface area contributed by atoms with Gasteiger partial charge in [0, 0.05) is 12.8 Å². The van der Waals surface area contributed by atoms with Gasteiger partial charge in [0.2, 0.25) is 5.91 Å². The lowest BCUT2D eigenvalue weighted by molar-refractivity contribution is -0.870. The maximum atomic E-state index is 13.4. The van der Waals surface area contributed by atoms with Crippen molar-refractivity contribution < 1.29 is 37.3 Å². The van der Waals surface area contributed by atoms with Gasteiger partial charge >= 0.3 is 5.97 Å². The molecule has 0 aliphatic carbocycles. The van der Waals surface area contributed by atoms with E-state index in [0.29, 0.717) is 23.9 Å². The summed E-state index contributed by atoms with van der Waals surface area (Å²) in [6.45, 7) is 6.52. The predicted molar refractivity (Wildman–Crippen MR) is 270 cm³/mol. The first-order valence-corrected chi connectivity index (χ1v) is 26.9. The monoisotopic (exact) mass is 915 g/mol. The van der Waals surface area contributed by atoms with Crippen LogP contribution in [0.5, 0.6) is 0 Å². The number of amides is 1. The molecule has 64 heavy (non-hydrogen) atoms. The highest BCUT2D eigenvalue weighted by Gasteiger charge is 2.27. The highest BCUT2D eigenvalue weighted by Crippen LogP contribution is 2.38. The molecule has 0 aliphatic rings. The van der Waals surface area contributed by atoms with E-state index >= 15 is 0 Å². The Hall–Kier alpha value is -2.81. The fraction of sp³-hybridized carbons (Fsp3) is 0.704. The topological polar surface area (TPSA) is 114 Å². The zero-order valence-electron chi connectivity index (χ0n) is 41.7. The number of esters is 1. The minimum Gasteiger partial charge on any atom is -0.756 e. The van der Waals surface area contributed by atoms with Gasteiger partial charge in [0.15, 0.2) is 0 Å². The second-order valence-electron chi connectivity index (χ2n) is 18.0. The molecular weight excluding hydrogens is 820 g/mol. The Morgan fingerprint density at radius 3 is 1.67 bits per heavy atom. The van der Waals surface area contributed by atoms with Crippen LogP contribution in [0.1, 0.15) is 194 Å². The predicted octanol–water partition coefficient (Wildman–Crippen LogP) is 14.1. The Labute approximate surface area is 393 Å². The Kier molecular flexibility index (Phi) is 42.1. The van der Waals surface area contributed by atoms with Crippen LogP contribution in [-0.4, -0.2) is 69.4 Å². The molecule has 0 aromatic rings. The van der Waals surface area contributed by atoms with Crippen LogP contribution in [0, 0.1) is 0 Å². The van der Waals surface area contributed by atoms with E-state index in [4.69, 9.17) is 13.8 Å². The molecule has 368 valence electrons. The van der Waals surface area contributed by atoms with Gasteiger partial charge in [-0.05, 0) is 83.1 Å². The van der Waals surface area contributed by atoms with E-state index in [-0.39, 0.29) is 31.3 Å². The van der Waals surface area contributed by atoms with E-state index in [1.54, 1.807) is 6.08 Å². The minimum atomic E-state index is -4.70. The first kappa shape index (κ1) is 61.2. The van der Waals surface area contributed by atoms with Gasteiger partial charge in [0.05, 0.1) is 33.8 Å². The third-order valence-electron chi connectivity index (χ3n) is 10.6. The highest BCUT2D eigenvalue weighted by atomic mass is 31.2. The minimum absolute atomic E-state index is 0.0346. The van der Waals surface area contributed by atoms with Crippen molar-refractivity contribution in [1.82, 2.24) is 5.32 Å². The lowest BCUT2D eigenvalue weighted by atomic mass is 10.1. The number of ether oxygens (including phenoxy) is 1.